The van der Waals surface area contributed by atoms with Crippen molar-refractivity contribution in [3.63, 3.8) is 0 Å². The van der Waals surface area contributed by atoms with E-state index in [9.17, 15) is 0 Å². The van der Waals surface area contributed by atoms with Crippen molar-refractivity contribution in [2.45, 2.75) is 46.2 Å². The Morgan fingerprint density at radius 1 is 1.35 bits per heavy atom. The normalized spacial score (nSPS) is 14.1. The molecule has 0 bridgehead atoms. The minimum Gasteiger partial charge on any atom is -0.383 e. The lowest BCUT2D eigenvalue weighted by molar-refractivity contribution is 0.203. The molecule has 0 spiro atoms. The predicted molar refractivity (Wildman–Crippen MR) is 85.3 cm³/mol. The number of methoxy groups -OCH3 is 1. The molecule has 0 aliphatic carbocycles. The Morgan fingerprint density at radius 3 is 2.70 bits per heavy atom. The van der Waals surface area contributed by atoms with Crippen LogP contribution in [0.1, 0.15) is 45.7 Å². The second-order valence-corrected chi connectivity index (χ2v) is 5.14. The van der Waals surface area contributed by atoms with Gasteiger partial charge in [-0.3, -0.25) is 0 Å². The van der Waals surface area contributed by atoms with Crippen molar-refractivity contribution in [1.82, 2.24) is 10.3 Å². The van der Waals surface area contributed by atoms with Gasteiger partial charge in [0.1, 0.15) is 5.82 Å². The minimum absolute atomic E-state index is 0.304. The maximum Gasteiger partial charge on any atom is 0.133 e. The molecule has 114 valence electrons. The van der Waals surface area contributed by atoms with Crippen molar-refractivity contribution in [3.05, 3.63) is 23.9 Å². The monoisotopic (exact) mass is 279 g/mol. The van der Waals surface area contributed by atoms with Gasteiger partial charge in [0.2, 0.25) is 0 Å². The number of hydrogen-bond donors (Lipinski definition) is 1. The van der Waals surface area contributed by atoms with Crippen LogP contribution in [0.4, 0.5) is 5.82 Å². The van der Waals surface area contributed by atoms with Gasteiger partial charge in [0.25, 0.3) is 0 Å². The van der Waals surface area contributed by atoms with Gasteiger partial charge in [0, 0.05) is 37.5 Å². The van der Waals surface area contributed by atoms with E-state index in [2.05, 4.69) is 49.0 Å². The van der Waals surface area contributed by atoms with E-state index in [1.807, 2.05) is 12.3 Å². The van der Waals surface area contributed by atoms with E-state index in [0.29, 0.717) is 12.1 Å². The number of ether oxygens (including phenoxy) is 1. The van der Waals surface area contributed by atoms with Crippen LogP contribution in [0.25, 0.3) is 0 Å². The fraction of sp³-hybridized carbons (Fsp3) is 0.688. The largest absolute Gasteiger partial charge is 0.383 e. The lowest BCUT2D eigenvalue weighted by atomic mass is 10.1. The fourth-order valence-electron chi connectivity index (χ4n) is 2.35. The maximum absolute atomic E-state index is 5.25. The van der Waals surface area contributed by atoms with Crippen LogP contribution in [0.2, 0.25) is 0 Å². The third kappa shape index (κ3) is 4.46. The summed E-state index contributed by atoms with van der Waals surface area (Å²) in [4.78, 5) is 6.99. The number of pyridine rings is 1. The van der Waals surface area contributed by atoms with Crippen LogP contribution in [0.3, 0.4) is 0 Å². The van der Waals surface area contributed by atoms with Gasteiger partial charge >= 0.3 is 0 Å². The summed E-state index contributed by atoms with van der Waals surface area (Å²) in [6.45, 7) is 11.3. The van der Waals surface area contributed by atoms with Crippen LogP contribution in [0.5, 0.6) is 0 Å². The van der Waals surface area contributed by atoms with E-state index >= 15 is 0 Å². The number of aromatic nitrogens is 1. The summed E-state index contributed by atoms with van der Waals surface area (Å²) in [7, 11) is 1.75. The molecule has 0 aromatic carbocycles. The van der Waals surface area contributed by atoms with Crippen LogP contribution >= 0.6 is 0 Å². The molecular formula is C16H29N3O. The van der Waals surface area contributed by atoms with Crippen molar-refractivity contribution < 1.29 is 4.74 Å². The highest BCUT2D eigenvalue weighted by Crippen LogP contribution is 2.25. The highest BCUT2D eigenvalue weighted by molar-refractivity contribution is 5.49. The molecule has 1 aromatic rings. The minimum atomic E-state index is 0.304. The standard InChI is InChI=1S/C16H29N3O/c1-6-13(3)19(11-12-20-5)16-15(9-8-10-18-16)14(4)17-7-2/h8-10,13-14,17H,6-7,11-12H2,1-5H3. The summed E-state index contributed by atoms with van der Waals surface area (Å²) in [6, 6.07) is 4.93. The molecule has 20 heavy (non-hydrogen) atoms. The zero-order chi connectivity index (χ0) is 15.0. The van der Waals surface area contributed by atoms with Crippen molar-refractivity contribution in [1.29, 1.82) is 0 Å². The Labute approximate surface area is 123 Å². The first-order chi connectivity index (χ1) is 9.65. The summed E-state index contributed by atoms with van der Waals surface area (Å²) >= 11 is 0. The van der Waals surface area contributed by atoms with E-state index in [1.165, 1.54) is 5.56 Å². The molecule has 0 aliphatic rings. The highest BCUT2D eigenvalue weighted by atomic mass is 16.5. The van der Waals surface area contributed by atoms with Crippen LogP contribution in [0, 0.1) is 0 Å². The lowest BCUT2D eigenvalue weighted by Gasteiger charge is -2.32. The average Bonchev–Trinajstić information content (AvgIpc) is 2.48. The first-order valence-electron chi connectivity index (χ1n) is 7.59. The van der Waals surface area contributed by atoms with Gasteiger partial charge in [0.15, 0.2) is 0 Å². The molecule has 2 unspecified atom stereocenters. The van der Waals surface area contributed by atoms with E-state index in [-0.39, 0.29) is 0 Å². The molecule has 4 nitrogen and oxygen atoms in total. The third-order valence-electron chi connectivity index (χ3n) is 3.72. The maximum atomic E-state index is 5.25. The van der Waals surface area contributed by atoms with E-state index < -0.39 is 0 Å². The van der Waals surface area contributed by atoms with Gasteiger partial charge in [-0.15, -0.1) is 0 Å². The van der Waals surface area contributed by atoms with Gasteiger partial charge in [-0.2, -0.15) is 0 Å². The highest BCUT2D eigenvalue weighted by Gasteiger charge is 2.19. The Hall–Kier alpha value is -1.13. The number of anilines is 1. The average molecular weight is 279 g/mol. The Bertz CT molecular complexity index is 384. The van der Waals surface area contributed by atoms with Crippen LogP contribution in [0.15, 0.2) is 18.3 Å². The second kappa shape index (κ2) is 8.93. The first kappa shape index (κ1) is 16.9. The Kier molecular flexibility index (Phi) is 7.55. The first-order valence-corrected chi connectivity index (χ1v) is 7.59. The molecule has 0 amide bonds. The molecule has 0 saturated heterocycles. The Morgan fingerprint density at radius 2 is 2.10 bits per heavy atom. The summed E-state index contributed by atoms with van der Waals surface area (Å²) in [6.07, 6.45) is 2.97. The van der Waals surface area contributed by atoms with Gasteiger partial charge in [-0.05, 0) is 32.9 Å². The van der Waals surface area contributed by atoms with E-state index in [4.69, 9.17) is 4.74 Å². The molecule has 0 aliphatic heterocycles. The molecule has 0 radical (unpaired) electrons. The zero-order valence-corrected chi connectivity index (χ0v) is 13.5. The zero-order valence-electron chi connectivity index (χ0n) is 13.5. The number of rotatable bonds is 9. The second-order valence-electron chi connectivity index (χ2n) is 5.14. The Balaban J connectivity index is 3.05. The number of hydrogen-bond acceptors (Lipinski definition) is 4. The van der Waals surface area contributed by atoms with E-state index in [1.54, 1.807) is 7.11 Å². The lowest BCUT2D eigenvalue weighted by Crippen LogP contribution is -2.37. The molecule has 2 atom stereocenters. The van der Waals surface area contributed by atoms with Gasteiger partial charge in [-0.25, -0.2) is 4.98 Å². The molecule has 0 saturated carbocycles. The topological polar surface area (TPSA) is 37.4 Å². The van der Waals surface area contributed by atoms with Crippen LogP contribution in [-0.4, -0.2) is 37.8 Å². The molecule has 0 fully saturated rings. The molecule has 1 rings (SSSR count). The van der Waals surface area contributed by atoms with E-state index in [0.717, 1.165) is 31.9 Å². The molecular weight excluding hydrogens is 250 g/mol. The van der Waals surface area contributed by atoms with Crippen molar-refractivity contribution in [2.75, 3.05) is 31.7 Å². The predicted octanol–water partition coefficient (Wildman–Crippen LogP) is 3.00. The van der Waals surface area contributed by atoms with Gasteiger partial charge in [-0.1, -0.05) is 19.9 Å². The molecule has 1 heterocycles. The summed E-state index contributed by atoms with van der Waals surface area (Å²) in [5.41, 5.74) is 1.26. The number of nitrogens with zero attached hydrogens (tertiary/aromatic N) is 2. The molecule has 1 aromatic heterocycles. The SMILES string of the molecule is CCNC(C)c1cccnc1N(CCOC)C(C)CC. The fourth-order valence-corrected chi connectivity index (χ4v) is 2.35. The summed E-state index contributed by atoms with van der Waals surface area (Å²) in [5.74, 6) is 1.08. The van der Waals surface area contributed by atoms with Crippen molar-refractivity contribution >= 4 is 5.82 Å². The number of nitrogens with one attached hydrogen (secondary N) is 1. The van der Waals surface area contributed by atoms with Crippen molar-refractivity contribution in [2.24, 2.45) is 0 Å². The summed E-state index contributed by atoms with van der Waals surface area (Å²) in [5, 5.41) is 3.47. The summed E-state index contributed by atoms with van der Waals surface area (Å²) < 4.78 is 5.25. The van der Waals surface area contributed by atoms with Gasteiger partial charge in [0.05, 0.1) is 6.61 Å². The van der Waals surface area contributed by atoms with Gasteiger partial charge < -0.3 is 15.0 Å². The molecule has 1 N–H and O–H groups in total. The molecule has 4 heteroatoms. The van der Waals surface area contributed by atoms with Crippen LogP contribution < -0.4 is 10.2 Å². The van der Waals surface area contributed by atoms with Crippen molar-refractivity contribution in [3.8, 4) is 0 Å². The smallest absolute Gasteiger partial charge is 0.133 e. The van der Waals surface area contributed by atoms with Crippen LogP contribution in [-0.2, 0) is 4.74 Å². The third-order valence-corrected chi connectivity index (χ3v) is 3.72. The quantitative estimate of drug-likeness (QED) is 0.754.